The molecule has 0 aromatic rings. The Bertz CT molecular complexity index is 4.85. The summed E-state index contributed by atoms with van der Waals surface area (Å²) < 4.78 is 0. The third-order valence-electron chi connectivity index (χ3n) is 0. The van der Waals surface area contributed by atoms with Crippen LogP contribution in [-0.4, -0.2) is 20.0 Å². The van der Waals surface area contributed by atoms with Crippen LogP contribution >= 0.6 is 17.8 Å². The summed E-state index contributed by atoms with van der Waals surface area (Å²) in [5.41, 5.74) is 0. The molecular formula is C3H12P2. The quantitative estimate of drug-likeness (QED) is 0.413. The van der Waals surface area contributed by atoms with Gasteiger partial charge in [0.1, 0.15) is 0 Å². The molecule has 0 rings (SSSR count). The maximum atomic E-state index is 2.42. The predicted molar refractivity (Wildman–Crippen MR) is 35.8 cm³/mol. The monoisotopic (exact) mass is 110 g/mol. The molecule has 0 N–H and O–H groups in total. The highest BCUT2D eigenvalue weighted by Gasteiger charge is 1.33. The van der Waals surface area contributed by atoms with E-state index in [0.717, 1.165) is 8.58 Å². The first kappa shape index (κ1) is 9.29. The molecule has 2 heteroatoms. The second-order valence-electron chi connectivity index (χ2n) is 0.500. The van der Waals surface area contributed by atoms with Crippen molar-refractivity contribution in [3.05, 3.63) is 0 Å². The fourth-order valence-corrected chi connectivity index (χ4v) is 0. The van der Waals surface area contributed by atoms with E-state index >= 15 is 0 Å². The molecule has 0 saturated carbocycles. The predicted octanol–water partition coefficient (Wildman–Crippen LogP) is 1.42. The molecule has 0 radical (unpaired) electrons. The van der Waals surface area contributed by atoms with Crippen molar-refractivity contribution in [3.8, 4) is 0 Å². The maximum absolute atomic E-state index is 2.42. The van der Waals surface area contributed by atoms with Gasteiger partial charge in [0, 0.05) is 0 Å². The molecule has 0 fully saturated rings. The first-order chi connectivity index (χ1) is 2.41. The number of rotatable bonds is 0. The van der Waals surface area contributed by atoms with Gasteiger partial charge in [-0.05, 0) is 13.3 Å². The van der Waals surface area contributed by atoms with Gasteiger partial charge in [0.05, 0.1) is 0 Å². The lowest BCUT2D eigenvalue weighted by atomic mass is 11.9. The van der Waals surface area contributed by atoms with E-state index in [2.05, 4.69) is 22.6 Å². The minimum atomic E-state index is 1.08. The Kier molecular flexibility index (Phi) is 38.9. The van der Waals surface area contributed by atoms with Crippen molar-refractivity contribution in [2.24, 2.45) is 0 Å². The average molecular weight is 110 g/mol. The zero-order chi connectivity index (χ0) is 4.71. The van der Waals surface area contributed by atoms with Gasteiger partial charge in [0.15, 0.2) is 0 Å². The minimum absolute atomic E-state index is 1.08. The van der Waals surface area contributed by atoms with Gasteiger partial charge >= 0.3 is 0 Å². The number of hydrogen-bond donors (Lipinski definition) is 0. The van der Waals surface area contributed by atoms with Crippen LogP contribution in [0, 0.1) is 0 Å². The van der Waals surface area contributed by atoms with E-state index in [1.807, 2.05) is 6.66 Å². The molecule has 0 aliphatic rings. The van der Waals surface area contributed by atoms with Crippen molar-refractivity contribution < 1.29 is 0 Å². The molecule has 0 aromatic carbocycles. The fraction of sp³-hybridized carbons (Fsp3) is 1.00. The summed E-state index contributed by atoms with van der Waals surface area (Å²) in [4.78, 5) is 0. The summed E-state index contributed by atoms with van der Waals surface area (Å²) in [5, 5.41) is 0. The van der Waals surface area contributed by atoms with E-state index in [4.69, 9.17) is 0 Å². The third kappa shape index (κ3) is 53.7. The SMILES string of the molecule is CP.CPC. The van der Waals surface area contributed by atoms with Crippen LogP contribution < -0.4 is 0 Å². The Morgan fingerprint density at radius 3 is 1.20 bits per heavy atom. The van der Waals surface area contributed by atoms with Crippen molar-refractivity contribution >= 4 is 17.8 Å². The van der Waals surface area contributed by atoms with Gasteiger partial charge in [-0.25, -0.2) is 0 Å². The van der Waals surface area contributed by atoms with Gasteiger partial charge in [0.25, 0.3) is 0 Å². The molecule has 0 saturated heterocycles. The van der Waals surface area contributed by atoms with Crippen LogP contribution in [0.25, 0.3) is 0 Å². The van der Waals surface area contributed by atoms with Crippen LogP contribution in [0.4, 0.5) is 0 Å². The zero-order valence-corrected chi connectivity index (χ0v) is 6.23. The summed E-state index contributed by atoms with van der Waals surface area (Å²) in [6.07, 6.45) is 0. The Hall–Kier alpha value is 0.860. The normalized spacial score (nSPS) is 4.80. The van der Waals surface area contributed by atoms with Gasteiger partial charge in [-0.1, -0.05) is 6.66 Å². The lowest BCUT2D eigenvalue weighted by Gasteiger charge is -1.50. The van der Waals surface area contributed by atoms with E-state index in [1.165, 1.54) is 0 Å². The molecule has 1 atom stereocenters. The van der Waals surface area contributed by atoms with Crippen molar-refractivity contribution in [2.45, 2.75) is 0 Å². The van der Waals surface area contributed by atoms with Gasteiger partial charge in [0.2, 0.25) is 0 Å². The Labute approximate surface area is 38.7 Å². The van der Waals surface area contributed by atoms with Crippen molar-refractivity contribution in [1.29, 1.82) is 0 Å². The third-order valence-corrected chi connectivity index (χ3v) is 0. The fourth-order valence-electron chi connectivity index (χ4n) is 0. The number of hydrogen-bond acceptors (Lipinski definition) is 0. The first-order valence-electron chi connectivity index (χ1n) is 1.58. The van der Waals surface area contributed by atoms with E-state index in [-0.39, 0.29) is 0 Å². The molecule has 0 bridgehead atoms. The molecule has 5 heavy (non-hydrogen) atoms. The van der Waals surface area contributed by atoms with Crippen LogP contribution in [0.3, 0.4) is 0 Å². The lowest BCUT2D eigenvalue weighted by Crippen LogP contribution is -1.18. The van der Waals surface area contributed by atoms with Crippen molar-refractivity contribution in [3.63, 3.8) is 0 Å². The zero-order valence-electron chi connectivity index (χ0n) is 4.08. The Morgan fingerprint density at radius 1 is 1.20 bits per heavy atom. The van der Waals surface area contributed by atoms with Gasteiger partial charge in [-0.15, -0.1) is 17.8 Å². The van der Waals surface area contributed by atoms with E-state index < -0.39 is 0 Å². The van der Waals surface area contributed by atoms with Crippen LogP contribution in [0.15, 0.2) is 0 Å². The molecule has 0 aliphatic carbocycles. The molecule has 0 spiro atoms. The van der Waals surface area contributed by atoms with Gasteiger partial charge in [-0.3, -0.25) is 0 Å². The van der Waals surface area contributed by atoms with Crippen LogP contribution in [0.5, 0.6) is 0 Å². The second-order valence-corrected chi connectivity index (χ2v) is 1.50. The van der Waals surface area contributed by atoms with E-state index in [1.54, 1.807) is 0 Å². The largest absolute Gasteiger partial charge is 0.141 e. The summed E-state index contributed by atoms with van der Waals surface area (Å²) in [6.45, 7) is 6.22. The highest BCUT2D eigenvalue weighted by atomic mass is 31.1. The first-order valence-corrected chi connectivity index (χ1v) is 4.73. The standard InChI is InChI=1S/C2H7P.CH5P/c1-3-2;1-2/h3H,1-2H3;2H2,1H3. The van der Waals surface area contributed by atoms with Gasteiger partial charge < -0.3 is 0 Å². The Morgan fingerprint density at radius 2 is 1.20 bits per heavy atom. The molecule has 0 amide bonds. The van der Waals surface area contributed by atoms with E-state index in [9.17, 15) is 0 Å². The molecule has 1 unspecified atom stereocenters. The topological polar surface area (TPSA) is 0 Å². The molecule has 34 valence electrons. The highest BCUT2D eigenvalue weighted by molar-refractivity contribution is 7.35. The lowest BCUT2D eigenvalue weighted by molar-refractivity contribution is 2.32. The van der Waals surface area contributed by atoms with Crippen LogP contribution in [-0.2, 0) is 0 Å². The van der Waals surface area contributed by atoms with Crippen molar-refractivity contribution in [2.75, 3.05) is 20.0 Å². The molecule has 0 nitrogen and oxygen atoms in total. The molecule has 0 aromatic heterocycles. The van der Waals surface area contributed by atoms with Crippen LogP contribution in [0.2, 0.25) is 0 Å². The smallest absolute Gasteiger partial charge is 0.0475 e. The van der Waals surface area contributed by atoms with Gasteiger partial charge in [-0.2, -0.15) is 0 Å². The van der Waals surface area contributed by atoms with Crippen LogP contribution in [0.1, 0.15) is 0 Å². The highest BCUT2D eigenvalue weighted by Crippen LogP contribution is 1.84. The summed E-state index contributed by atoms with van der Waals surface area (Å²) in [6, 6.07) is 0. The summed E-state index contributed by atoms with van der Waals surface area (Å²) in [7, 11) is 3.50. The second kappa shape index (κ2) is 20.9. The molecular weight excluding hydrogens is 98.0 g/mol. The van der Waals surface area contributed by atoms with Crippen molar-refractivity contribution in [1.82, 2.24) is 0 Å². The molecule has 0 aliphatic heterocycles. The molecule has 0 heterocycles. The minimum Gasteiger partial charge on any atom is -0.141 e. The Balaban J connectivity index is 0. The average Bonchev–Trinajstić information content (AvgIpc) is 1.46. The van der Waals surface area contributed by atoms with E-state index in [0.29, 0.717) is 0 Å². The summed E-state index contributed by atoms with van der Waals surface area (Å²) in [5.74, 6) is 0. The summed E-state index contributed by atoms with van der Waals surface area (Å²) >= 11 is 0. The maximum Gasteiger partial charge on any atom is -0.0475 e.